The predicted molar refractivity (Wildman–Crippen MR) is 77.1 cm³/mol. The molecule has 2 aromatic rings. The molecule has 1 atom stereocenters. The molecule has 1 unspecified atom stereocenters. The van der Waals surface area contributed by atoms with Gasteiger partial charge in [0.15, 0.2) is 0 Å². The number of nitrogen functional groups attached to an aromatic ring is 1. The number of rotatable bonds is 3. The monoisotopic (exact) mass is 308 g/mol. The number of nitriles is 1. The zero-order chi connectivity index (χ0) is 14.7. The van der Waals surface area contributed by atoms with Crippen molar-refractivity contribution in [3.05, 3.63) is 58.4 Å². The summed E-state index contributed by atoms with van der Waals surface area (Å²) in [5.41, 5.74) is 6.22. The molecule has 0 aliphatic heterocycles. The Labute approximate surface area is 123 Å². The van der Waals surface area contributed by atoms with Crippen LogP contribution in [0.3, 0.4) is 0 Å². The van der Waals surface area contributed by atoms with Gasteiger partial charge in [-0.2, -0.15) is 5.26 Å². The fourth-order valence-corrected chi connectivity index (χ4v) is 3.19. The quantitative estimate of drug-likeness (QED) is 0.885. The Bertz CT molecular complexity index is 728. The maximum Gasteiger partial charge on any atom is 0.145 e. The fraction of sp³-hybridized carbons (Fsp3) is 0.0714. The Morgan fingerprint density at radius 2 is 2.10 bits per heavy atom. The third-order valence-electron chi connectivity index (χ3n) is 2.71. The van der Waals surface area contributed by atoms with E-state index < -0.39 is 16.6 Å². The van der Waals surface area contributed by atoms with E-state index in [-0.39, 0.29) is 16.9 Å². The van der Waals surface area contributed by atoms with Crippen LogP contribution in [0, 0.1) is 17.1 Å². The summed E-state index contributed by atoms with van der Waals surface area (Å²) >= 11 is 5.84. The molecule has 20 heavy (non-hydrogen) atoms. The second kappa shape index (κ2) is 6.04. The zero-order valence-electron chi connectivity index (χ0n) is 10.3. The van der Waals surface area contributed by atoms with Gasteiger partial charge in [0.25, 0.3) is 0 Å². The van der Waals surface area contributed by atoms with Crippen LogP contribution in [0.4, 0.5) is 10.1 Å². The van der Waals surface area contributed by atoms with Crippen LogP contribution in [-0.4, -0.2) is 4.21 Å². The van der Waals surface area contributed by atoms with Crippen LogP contribution < -0.4 is 5.73 Å². The molecule has 0 radical (unpaired) electrons. The van der Waals surface area contributed by atoms with Crippen molar-refractivity contribution >= 4 is 28.1 Å². The Morgan fingerprint density at radius 1 is 1.35 bits per heavy atom. The summed E-state index contributed by atoms with van der Waals surface area (Å²) < 4.78 is 26.2. The van der Waals surface area contributed by atoms with Crippen molar-refractivity contribution < 1.29 is 8.60 Å². The van der Waals surface area contributed by atoms with E-state index in [9.17, 15) is 8.60 Å². The van der Waals surface area contributed by atoms with Crippen LogP contribution in [-0.2, 0) is 16.6 Å². The van der Waals surface area contributed by atoms with Crippen molar-refractivity contribution in [1.29, 1.82) is 5.26 Å². The highest BCUT2D eigenvalue weighted by Crippen LogP contribution is 2.24. The Morgan fingerprint density at radius 3 is 2.80 bits per heavy atom. The number of benzene rings is 2. The number of nitrogens with two attached hydrogens (primary N) is 1. The first-order valence-electron chi connectivity index (χ1n) is 5.64. The highest BCUT2D eigenvalue weighted by molar-refractivity contribution is 7.84. The van der Waals surface area contributed by atoms with Crippen LogP contribution in [0.15, 0.2) is 41.3 Å². The summed E-state index contributed by atoms with van der Waals surface area (Å²) in [5.74, 6) is -0.713. The first-order valence-corrected chi connectivity index (χ1v) is 7.33. The molecule has 2 aromatic carbocycles. The summed E-state index contributed by atoms with van der Waals surface area (Å²) in [6.45, 7) is 0. The van der Waals surface area contributed by atoms with Gasteiger partial charge in [0.05, 0.1) is 27.0 Å². The van der Waals surface area contributed by atoms with Gasteiger partial charge in [0.2, 0.25) is 0 Å². The molecule has 0 aliphatic carbocycles. The maximum absolute atomic E-state index is 13.9. The first kappa shape index (κ1) is 14.5. The Hall–Kier alpha value is -1.90. The molecule has 102 valence electrons. The molecule has 6 heteroatoms. The molecule has 0 saturated carbocycles. The summed E-state index contributed by atoms with van der Waals surface area (Å²) in [6.07, 6.45) is 0. The van der Waals surface area contributed by atoms with Crippen molar-refractivity contribution in [2.75, 3.05) is 5.73 Å². The molecule has 0 spiro atoms. The smallest absolute Gasteiger partial charge is 0.145 e. The zero-order valence-corrected chi connectivity index (χ0v) is 11.8. The van der Waals surface area contributed by atoms with E-state index in [4.69, 9.17) is 22.6 Å². The Balaban J connectivity index is 2.33. The van der Waals surface area contributed by atoms with Crippen LogP contribution in [0.1, 0.15) is 11.1 Å². The third-order valence-corrected chi connectivity index (χ3v) is 4.36. The molecule has 0 amide bonds. The maximum atomic E-state index is 13.9. The second-order valence-electron chi connectivity index (χ2n) is 4.06. The molecule has 2 rings (SSSR count). The van der Waals surface area contributed by atoms with Gasteiger partial charge >= 0.3 is 0 Å². The van der Waals surface area contributed by atoms with Gasteiger partial charge in [-0.1, -0.05) is 23.7 Å². The summed E-state index contributed by atoms with van der Waals surface area (Å²) in [6, 6.07) is 10.8. The van der Waals surface area contributed by atoms with Crippen LogP contribution in [0.2, 0.25) is 5.02 Å². The number of halogens is 2. The summed E-state index contributed by atoms with van der Waals surface area (Å²) in [4.78, 5) is 0.360. The second-order valence-corrected chi connectivity index (χ2v) is 5.92. The predicted octanol–water partition coefficient (Wildman–Crippen LogP) is 3.24. The van der Waals surface area contributed by atoms with E-state index in [0.717, 1.165) is 0 Å². The van der Waals surface area contributed by atoms with E-state index in [2.05, 4.69) is 0 Å². The lowest BCUT2D eigenvalue weighted by Crippen LogP contribution is -2.03. The van der Waals surface area contributed by atoms with Gasteiger partial charge in [-0.25, -0.2) is 4.39 Å². The highest BCUT2D eigenvalue weighted by atomic mass is 35.5. The standard InChI is InChI=1S/C14H10ClFN2OS/c15-11-4-5-12(18)13(6-11)20(19)8-10-3-1-2-9(7-17)14(10)16/h1-6H,8,18H2. The minimum Gasteiger partial charge on any atom is -0.398 e. The molecule has 0 heterocycles. The molecule has 0 aliphatic rings. The molecular weight excluding hydrogens is 299 g/mol. The molecule has 0 fully saturated rings. The van der Waals surface area contributed by atoms with Gasteiger partial charge < -0.3 is 5.73 Å². The summed E-state index contributed by atoms with van der Waals surface area (Å²) in [7, 11) is -1.54. The lowest BCUT2D eigenvalue weighted by atomic mass is 10.1. The third kappa shape index (κ3) is 2.98. The lowest BCUT2D eigenvalue weighted by molar-refractivity contribution is 0.611. The molecule has 2 N–H and O–H groups in total. The molecule has 0 saturated heterocycles. The largest absolute Gasteiger partial charge is 0.398 e. The molecule has 3 nitrogen and oxygen atoms in total. The molecule has 0 bridgehead atoms. The summed E-state index contributed by atoms with van der Waals surface area (Å²) in [5, 5.41) is 9.18. The Kier molecular flexibility index (Phi) is 4.38. The van der Waals surface area contributed by atoms with E-state index in [0.29, 0.717) is 15.6 Å². The lowest BCUT2D eigenvalue weighted by Gasteiger charge is -2.07. The fourth-order valence-electron chi connectivity index (χ4n) is 1.70. The number of nitrogens with zero attached hydrogens (tertiary/aromatic N) is 1. The normalized spacial score (nSPS) is 11.8. The average molecular weight is 309 g/mol. The van der Waals surface area contributed by atoms with Crippen molar-refractivity contribution in [2.24, 2.45) is 0 Å². The highest BCUT2D eigenvalue weighted by Gasteiger charge is 2.14. The van der Waals surface area contributed by atoms with Gasteiger partial charge in [0.1, 0.15) is 11.9 Å². The van der Waals surface area contributed by atoms with Crippen LogP contribution in [0.25, 0.3) is 0 Å². The van der Waals surface area contributed by atoms with Crippen molar-refractivity contribution in [2.45, 2.75) is 10.6 Å². The van der Waals surface area contributed by atoms with Gasteiger partial charge in [-0.15, -0.1) is 0 Å². The number of hydrogen-bond acceptors (Lipinski definition) is 3. The topological polar surface area (TPSA) is 66.9 Å². The van der Waals surface area contributed by atoms with Gasteiger partial charge in [-0.05, 0) is 24.3 Å². The number of hydrogen-bond donors (Lipinski definition) is 1. The molecule has 0 aromatic heterocycles. The van der Waals surface area contributed by atoms with Crippen molar-refractivity contribution in [3.8, 4) is 6.07 Å². The first-order chi connectivity index (χ1) is 9.52. The van der Waals surface area contributed by atoms with Crippen LogP contribution in [0.5, 0.6) is 0 Å². The van der Waals surface area contributed by atoms with Crippen molar-refractivity contribution in [1.82, 2.24) is 0 Å². The number of anilines is 1. The van der Waals surface area contributed by atoms with E-state index >= 15 is 0 Å². The van der Waals surface area contributed by atoms with Gasteiger partial charge in [-0.3, -0.25) is 4.21 Å². The van der Waals surface area contributed by atoms with Crippen molar-refractivity contribution in [3.63, 3.8) is 0 Å². The SMILES string of the molecule is N#Cc1cccc(CS(=O)c2cc(Cl)ccc2N)c1F. The minimum absolute atomic E-state index is 0.0636. The van der Waals surface area contributed by atoms with E-state index in [1.807, 2.05) is 0 Å². The van der Waals surface area contributed by atoms with Crippen LogP contribution >= 0.6 is 11.6 Å². The van der Waals surface area contributed by atoms with E-state index in [1.165, 1.54) is 18.2 Å². The van der Waals surface area contributed by atoms with E-state index in [1.54, 1.807) is 24.3 Å². The van der Waals surface area contributed by atoms with Gasteiger partial charge in [0, 0.05) is 16.3 Å². The molecular formula is C14H10ClFN2OS. The average Bonchev–Trinajstić information content (AvgIpc) is 2.43. The minimum atomic E-state index is -1.54.